The quantitative estimate of drug-likeness (QED) is 0.502. The number of aryl methyl sites for hydroxylation is 1. The molecule has 33 heavy (non-hydrogen) atoms. The molecule has 1 aliphatic rings. The summed E-state index contributed by atoms with van der Waals surface area (Å²) < 4.78 is 21.3. The van der Waals surface area contributed by atoms with Crippen LogP contribution in [-0.2, 0) is 24.3 Å². The van der Waals surface area contributed by atoms with Gasteiger partial charge in [0.1, 0.15) is 18.2 Å². The van der Waals surface area contributed by atoms with E-state index in [1.54, 1.807) is 6.07 Å². The van der Waals surface area contributed by atoms with Crippen molar-refractivity contribution in [1.29, 1.82) is 0 Å². The standard InChI is InChI=1S/C23H21FN6O3/c24-17-10-8-15(9-11-17)22-28-30(23(32)33-22)14-20(31)25-18-6-4-5-16(13-18)21-27-26-19-7-2-1-3-12-29(19)21/h4-6,8-11,13H,1-3,7,12,14H2,(H,25,31). The molecule has 4 aromatic rings. The van der Waals surface area contributed by atoms with Crippen LogP contribution in [0.15, 0.2) is 57.7 Å². The lowest BCUT2D eigenvalue weighted by Crippen LogP contribution is -2.25. The maximum absolute atomic E-state index is 13.1. The maximum atomic E-state index is 13.1. The summed E-state index contributed by atoms with van der Waals surface area (Å²) in [5.74, 6) is 0.156. The first-order chi connectivity index (χ1) is 16.1. The second kappa shape index (κ2) is 8.81. The smallest absolute Gasteiger partial charge is 0.388 e. The summed E-state index contributed by atoms with van der Waals surface area (Å²) in [5.41, 5.74) is 1.86. The summed E-state index contributed by atoms with van der Waals surface area (Å²) in [6.45, 7) is 0.549. The van der Waals surface area contributed by atoms with Crippen molar-refractivity contribution in [3.63, 3.8) is 0 Å². The molecule has 1 amide bonds. The first kappa shape index (κ1) is 20.8. The minimum atomic E-state index is -0.774. The van der Waals surface area contributed by atoms with Crippen LogP contribution in [-0.4, -0.2) is 30.5 Å². The van der Waals surface area contributed by atoms with Crippen molar-refractivity contribution in [1.82, 2.24) is 24.5 Å². The van der Waals surface area contributed by atoms with E-state index in [0.717, 1.165) is 47.7 Å². The maximum Gasteiger partial charge on any atom is 0.437 e. The van der Waals surface area contributed by atoms with Crippen LogP contribution in [0.1, 0.15) is 25.1 Å². The van der Waals surface area contributed by atoms with Gasteiger partial charge in [-0.15, -0.1) is 15.3 Å². The molecule has 0 saturated carbocycles. The molecule has 9 nitrogen and oxygen atoms in total. The number of hydrogen-bond donors (Lipinski definition) is 1. The molecule has 1 N–H and O–H groups in total. The van der Waals surface area contributed by atoms with Crippen molar-refractivity contribution in [3.8, 4) is 22.8 Å². The number of fused-ring (bicyclic) bond motifs is 1. The van der Waals surface area contributed by atoms with Gasteiger partial charge in [0, 0.05) is 29.8 Å². The van der Waals surface area contributed by atoms with Crippen LogP contribution in [0.2, 0.25) is 0 Å². The Bertz CT molecular complexity index is 1360. The second-order valence-corrected chi connectivity index (χ2v) is 7.87. The van der Waals surface area contributed by atoms with Crippen LogP contribution < -0.4 is 11.1 Å². The number of halogens is 1. The van der Waals surface area contributed by atoms with Crippen LogP contribution in [0.25, 0.3) is 22.8 Å². The Balaban J connectivity index is 1.31. The topological polar surface area (TPSA) is 108 Å². The number of nitrogens with one attached hydrogen (secondary N) is 1. The number of aromatic nitrogens is 5. The van der Waals surface area contributed by atoms with Crippen molar-refractivity contribution < 1.29 is 13.6 Å². The summed E-state index contributed by atoms with van der Waals surface area (Å²) in [4.78, 5) is 24.7. The van der Waals surface area contributed by atoms with Crippen LogP contribution in [0.3, 0.4) is 0 Å². The molecular formula is C23H21FN6O3. The number of carbonyl (C=O) groups excluding carboxylic acids is 1. The van der Waals surface area contributed by atoms with Crippen molar-refractivity contribution in [2.24, 2.45) is 0 Å². The number of nitrogens with zero attached hydrogens (tertiary/aromatic N) is 5. The van der Waals surface area contributed by atoms with Crippen molar-refractivity contribution in [2.75, 3.05) is 5.32 Å². The van der Waals surface area contributed by atoms with E-state index in [1.807, 2.05) is 18.2 Å². The summed E-state index contributed by atoms with van der Waals surface area (Å²) in [6.07, 6.45) is 4.28. The van der Waals surface area contributed by atoms with Gasteiger partial charge in [0.2, 0.25) is 11.8 Å². The van der Waals surface area contributed by atoms with E-state index in [4.69, 9.17) is 4.42 Å². The minimum Gasteiger partial charge on any atom is -0.388 e. The number of hydrogen-bond acceptors (Lipinski definition) is 6. The minimum absolute atomic E-state index is 0.0160. The normalized spacial score (nSPS) is 13.4. The molecule has 3 heterocycles. The molecule has 10 heteroatoms. The zero-order chi connectivity index (χ0) is 22.8. The Morgan fingerprint density at radius 3 is 2.76 bits per heavy atom. The average Bonchev–Trinajstić information content (AvgIpc) is 3.29. The van der Waals surface area contributed by atoms with E-state index in [1.165, 1.54) is 30.7 Å². The Labute approximate surface area is 187 Å². The van der Waals surface area contributed by atoms with Gasteiger partial charge in [0.25, 0.3) is 0 Å². The number of rotatable bonds is 5. The summed E-state index contributed by atoms with van der Waals surface area (Å²) in [7, 11) is 0. The van der Waals surface area contributed by atoms with Gasteiger partial charge in [0.05, 0.1) is 0 Å². The molecule has 5 rings (SSSR count). The Kier molecular flexibility index (Phi) is 5.55. The average molecular weight is 448 g/mol. The van der Waals surface area contributed by atoms with Crippen LogP contribution in [0, 0.1) is 5.82 Å². The van der Waals surface area contributed by atoms with Crippen molar-refractivity contribution >= 4 is 11.6 Å². The Morgan fingerprint density at radius 1 is 1.06 bits per heavy atom. The van der Waals surface area contributed by atoms with Gasteiger partial charge in [-0.05, 0) is 49.2 Å². The highest BCUT2D eigenvalue weighted by Crippen LogP contribution is 2.25. The Morgan fingerprint density at radius 2 is 1.91 bits per heavy atom. The number of anilines is 1. The van der Waals surface area contributed by atoms with E-state index in [0.29, 0.717) is 11.3 Å². The van der Waals surface area contributed by atoms with Crippen molar-refractivity contribution in [2.45, 2.75) is 38.8 Å². The van der Waals surface area contributed by atoms with E-state index < -0.39 is 17.5 Å². The SMILES string of the molecule is O=C(Cn1nc(-c2ccc(F)cc2)oc1=O)Nc1cccc(-c2nnc3n2CCCCC3)c1. The molecule has 0 fully saturated rings. The summed E-state index contributed by atoms with van der Waals surface area (Å²) in [5, 5.41) is 15.5. The highest BCUT2D eigenvalue weighted by atomic mass is 19.1. The molecule has 0 spiro atoms. The molecule has 0 aliphatic carbocycles. The second-order valence-electron chi connectivity index (χ2n) is 7.87. The molecule has 0 saturated heterocycles. The highest BCUT2D eigenvalue weighted by Gasteiger charge is 2.17. The van der Waals surface area contributed by atoms with Gasteiger partial charge in [-0.3, -0.25) is 4.79 Å². The number of carbonyl (C=O) groups is 1. The van der Waals surface area contributed by atoms with Gasteiger partial charge in [0.15, 0.2) is 5.82 Å². The lowest BCUT2D eigenvalue weighted by atomic mass is 10.2. The molecular weight excluding hydrogens is 427 g/mol. The van der Waals surface area contributed by atoms with Crippen LogP contribution >= 0.6 is 0 Å². The van der Waals surface area contributed by atoms with Gasteiger partial charge in [-0.2, -0.15) is 4.68 Å². The molecule has 0 atom stereocenters. The van der Waals surface area contributed by atoms with Crippen molar-refractivity contribution in [3.05, 3.63) is 70.7 Å². The fourth-order valence-corrected chi connectivity index (χ4v) is 3.89. The van der Waals surface area contributed by atoms with Gasteiger partial charge in [-0.1, -0.05) is 18.6 Å². The Hall–Kier alpha value is -4.08. The molecule has 168 valence electrons. The summed E-state index contributed by atoms with van der Waals surface area (Å²) in [6, 6.07) is 12.7. The molecule has 0 bridgehead atoms. The molecule has 0 unspecified atom stereocenters. The van der Waals surface area contributed by atoms with Gasteiger partial charge < -0.3 is 14.3 Å². The number of benzene rings is 2. The van der Waals surface area contributed by atoms with Crippen LogP contribution in [0.4, 0.5) is 10.1 Å². The molecule has 2 aromatic carbocycles. The third-order valence-corrected chi connectivity index (χ3v) is 5.50. The predicted octanol–water partition coefficient (Wildman–Crippen LogP) is 3.27. The van der Waals surface area contributed by atoms with E-state index >= 15 is 0 Å². The highest BCUT2D eigenvalue weighted by molar-refractivity contribution is 5.91. The molecule has 0 radical (unpaired) electrons. The summed E-state index contributed by atoms with van der Waals surface area (Å²) >= 11 is 0. The fourth-order valence-electron chi connectivity index (χ4n) is 3.89. The molecule has 2 aromatic heterocycles. The number of amides is 1. The van der Waals surface area contributed by atoms with E-state index in [-0.39, 0.29) is 12.4 Å². The predicted molar refractivity (Wildman–Crippen MR) is 118 cm³/mol. The lowest BCUT2D eigenvalue weighted by molar-refractivity contribution is -0.117. The van der Waals surface area contributed by atoms with Crippen LogP contribution in [0.5, 0.6) is 0 Å². The van der Waals surface area contributed by atoms with E-state index in [9.17, 15) is 14.0 Å². The zero-order valence-electron chi connectivity index (χ0n) is 17.7. The largest absolute Gasteiger partial charge is 0.437 e. The molecule has 1 aliphatic heterocycles. The first-order valence-electron chi connectivity index (χ1n) is 10.7. The first-order valence-corrected chi connectivity index (χ1v) is 10.7. The monoisotopic (exact) mass is 448 g/mol. The lowest BCUT2D eigenvalue weighted by Gasteiger charge is -2.09. The van der Waals surface area contributed by atoms with Gasteiger partial charge in [-0.25, -0.2) is 9.18 Å². The third-order valence-electron chi connectivity index (χ3n) is 5.50. The van der Waals surface area contributed by atoms with E-state index in [2.05, 4.69) is 25.2 Å². The fraction of sp³-hybridized carbons (Fsp3) is 0.261. The zero-order valence-corrected chi connectivity index (χ0v) is 17.7. The van der Waals surface area contributed by atoms with Gasteiger partial charge >= 0.3 is 5.76 Å². The third kappa shape index (κ3) is 4.45.